The van der Waals surface area contributed by atoms with E-state index < -0.39 is 16.0 Å². The molecule has 2 unspecified atom stereocenters. The van der Waals surface area contributed by atoms with Crippen LogP contribution in [0.4, 0.5) is 0 Å². The molecule has 2 atom stereocenters. The third kappa shape index (κ3) is 5.61. The summed E-state index contributed by atoms with van der Waals surface area (Å²) in [5.41, 5.74) is 1.45. The van der Waals surface area contributed by atoms with Gasteiger partial charge in [0, 0.05) is 13.1 Å². The molecule has 0 aliphatic carbocycles. The topological polar surface area (TPSA) is 72.9 Å². The highest BCUT2D eigenvalue weighted by Gasteiger charge is 2.31. The van der Waals surface area contributed by atoms with Crippen molar-refractivity contribution in [3.63, 3.8) is 0 Å². The minimum atomic E-state index is -3.56. The van der Waals surface area contributed by atoms with Crippen LogP contribution in [0.5, 0.6) is 5.75 Å². The molecule has 1 aliphatic heterocycles. The maximum atomic E-state index is 12.9. The van der Waals surface area contributed by atoms with E-state index in [1.807, 2.05) is 31.2 Å². The molecule has 0 amide bonds. The summed E-state index contributed by atoms with van der Waals surface area (Å²) in [5.74, 6) is 0.874. The van der Waals surface area contributed by atoms with Gasteiger partial charge in [-0.05, 0) is 61.6 Å². The van der Waals surface area contributed by atoms with Gasteiger partial charge in [0.05, 0.1) is 10.5 Å². The zero-order valence-electron chi connectivity index (χ0n) is 17.7. The fourth-order valence-corrected chi connectivity index (χ4v) is 5.41. The van der Waals surface area contributed by atoms with E-state index in [1.54, 1.807) is 4.31 Å². The van der Waals surface area contributed by atoms with Gasteiger partial charge in [0.2, 0.25) is 10.0 Å². The Bertz CT molecular complexity index is 944. The molecular weight excluding hydrogens is 402 g/mol. The average Bonchev–Trinajstić information content (AvgIpc) is 2.71. The summed E-state index contributed by atoms with van der Waals surface area (Å²) in [5, 5.41) is 0. The molecule has 0 N–H and O–H groups in total. The third-order valence-corrected chi connectivity index (χ3v) is 7.02. The number of rotatable bonds is 7. The molecule has 30 heavy (non-hydrogen) atoms. The van der Waals surface area contributed by atoms with Gasteiger partial charge in [-0.2, -0.15) is 4.31 Å². The lowest BCUT2D eigenvalue weighted by atomic mass is 9.94. The van der Waals surface area contributed by atoms with E-state index in [4.69, 9.17) is 9.47 Å². The largest absolute Gasteiger partial charge is 0.490 e. The van der Waals surface area contributed by atoms with Gasteiger partial charge in [-0.25, -0.2) is 13.2 Å². The predicted octanol–water partition coefficient (Wildman–Crippen LogP) is 3.90. The van der Waals surface area contributed by atoms with E-state index >= 15 is 0 Å². The highest BCUT2D eigenvalue weighted by Crippen LogP contribution is 2.26. The first-order chi connectivity index (χ1) is 14.3. The summed E-state index contributed by atoms with van der Waals surface area (Å²) in [6.45, 7) is 7.53. The van der Waals surface area contributed by atoms with E-state index in [2.05, 4.69) is 13.8 Å². The number of aryl methyl sites for hydroxylation is 1. The second-order valence-corrected chi connectivity index (χ2v) is 10.0. The number of hydrogen-bond acceptors (Lipinski definition) is 5. The molecule has 1 saturated heterocycles. The number of carbonyl (C=O) groups is 1. The van der Waals surface area contributed by atoms with Crippen LogP contribution < -0.4 is 4.74 Å². The number of carbonyl (C=O) groups excluding carboxylic acids is 1. The van der Waals surface area contributed by atoms with Crippen LogP contribution in [-0.2, 0) is 14.8 Å². The van der Waals surface area contributed by atoms with Crippen molar-refractivity contribution in [1.29, 1.82) is 0 Å². The normalized spacial score (nSPS) is 20.0. The molecule has 1 aliphatic rings. The summed E-state index contributed by atoms with van der Waals surface area (Å²) >= 11 is 0. The summed E-state index contributed by atoms with van der Waals surface area (Å²) in [6.07, 6.45) is 1.03. The van der Waals surface area contributed by atoms with E-state index in [0.717, 1.165) is 12.0 Å². The number of sulfonamides is 1. The molecule has 1 heterocycles. The molecule has 2 aromatic rings. The number of nitrogens with zero attached hydrogens (tertiary/aromatic N) is 1. The number of ether oxygens (including phenoxy) is 2. The highest BCUT2D eigenvalue weighted by atomic mass is 32.2. The first-order valence-electron chi connectivity index (χ1n) is 10.2. The van der Waals surface area contributed by atoms with Crippen molar-refractivity contribution in [2.75, 3.05) is 26.3 Å². The fourth-order valence-electron chi connectivity index (χ4n) is 3.73. The van der Waals surface area contributed by atoms with Gasteiger partial charge in [0.15, 0.2) is 0 Å². The molecule has 7 heteroatoms. The molecule has 3 rings (SSSR count). The smallest absolute Gasteiger partial charge is 0.338 e. The first kappa shape index (κ1) is 22.3. The fraction of sp³-hybridized carbons (Fsp3) is 0.435. The monoisotopic (exact) mass is 431 g/mol. The Kier molecular flexibility index (Phi) is 7.15. The molecular formula is C23H29NO5S. The standard InChI is InChI=1S/C23H29NO5S/c1-17-4-8-21(9-5-17)28-12-13-29-23(25)20-6-10-22(11-7-20)30(26,27)24-15-18(2)14-19(3)16-24/h4-11,18-19H,12-16H2,1-3H3. The summed E-state index contributed by atoms with van der Waals surface area (Å²) in [4.78, 5) is 12.4. The Morgan fingerprint density at radius 2 is 1.57 bits per heavy atom. The lowest BCUT2D eigenvalue weighted by Crippen LogP contribution is -2.42. The molecule has 0 saturated carbocycles. The van der Waals surface area contributed by atoms with Gasteiger partial charge in [-0.15, -0.1) is 0 Å². The van der Waals surface area contributed by atoms with Gasteiger partial charge >= 0.3 is 5.97 Å². The predicted molar refractivity (Wildman–Crippen MR) is 115 cm³/mol. The average molecular weight is 432 g/mol. The number of benzene rings is 2. The lowest BCUT2D eigenvalue weighted by molar-refractivity contribution is 0.0450. The van der Waals surface area contributed by atoms with Gasteiger partial charge < -0.3 is 9.47 Å². The Hall–Kier alpha value is -2.38. The highest BCUT2D eigenvalue weighted by molar-refractivity contribution is 7.89. The molecule has 0 radical (unpaired) electrons. The van der Waals surface area contributed by atoms with Gasteiger partial charge in [-0.3, -0.25) is 0 Å². The summed E-state index contributed by atoms with van der Waals surface area (Å²) < 4.78 is 38.1. The Morgan fingerprint density at radius 1 is 0.967 bits per heavy atom. The quantitative estimate of drug-likeness (QED) is 0.491. The molecule has 162 valence electrons. The second kappa shape index (κ2) is 9.62. The summed E-state index contributed by atoms with van der Waals surface area (Å²) in [7, 11) is -3.56. The van der Waals surface area contributed by atoms with Crippen molar-refractivity contribution in [2.24, 2.45) is 11.8 Å². The Morgan fingerprint density at radius 3 is 2.17 bits per heavy atom. The number of esters is 1. The van der Waals surface area contributed by atoms with Crippen molar-refractivity contribution in [3.8, 4) is 5.75 Å². The van der Waals surface area contributed by atoms with Crippen LogP contribution in [-0.4, -0.2) is 45.0 Å². The van der Waals surface area contributed by atoms with Crippen molar-refractivity contribution in [1.82, 2.24) is 4.31 Å². The van der Waals surface area contributed by atoms with Crippen molar-refractivity contribution in [2.45, 2.75) is 32.1 Å². The molecule has 2 aromatic carbocycles. The molecule has 6 nitrogen and oxygen atoms in total. The maximum absolute atomic E-state index is 12.9. The van der Waals surface area contributed by atoms with Gasteiger partial charge in [0.25, 0.3) is 0 Å². The van der Waals surface area contributed by atoms with Crippen LogP contribution >= 0.6 is 0 Å². The zero-order valence-corrected chi connectivity index (χ0v) is 18.5. The van der Waals surface area contributed by atoms with Gasteiger partial charge in [0.1, 0.15) is 19.0 Å². The van der Waals surface area contributed by atoms with Crippen molar-refractivity contribution in [3.05, 3.63) is 59.7 Å². The first-order valence-corrected chi connectivity index (χ1v) is 11.7. The second-order valence-electron chi connectivity index (χ2n) is 8.09. The number of hydrogen-bond donors (Lipinski definition) is 0. The molecule has 0 aromatic heterocycles. The van der Waals surface area contributed by atoms with E-state index in [0.29, 0.717) is 36.2 Å². The van der Waals surface area contributed by atoms with E-state index in [-0.39, 0.29) is 18.1 Å². The summed E-state index contributed by atoms with van der Waals surface area (Å²) in [6, 6.07) is 13.5. The van der Waals surface area contributed by atoms with Crippen LogP contribution in [0.3, 0.4) is 0 Å². The zero-order chi connectivity index (χ0) is 21.7. The van der Waals surface area contributed by atoms with Crippen LogP contribution in [0.1, 0.15) is 36.2 Å². The lowest BCUT2D eigenvalue weighted by Gasteiger charge is -2.34. The third-order valence-electron chi connectivity index (χ3n) is 5.17. The molecule has 1 fully saturated rings. The van der Waals surface area contributed by atoms with Crippen molar-refractivity contribution < 1.29 is 22.7 Å². The van der Waals surface area contributed by atoms with Crippen LogP contribution in [0.2, 0.25) is 0 Å². The Balaban J connectivity index is 1.54. The van der Waals surface area contributed by atoms with Crippen molar-refractivity contribution >= 4 is 16.0 Å². The minimum absolute atomic E-state index is 0.107. The van der Waals surface area contributed by atoms with Crippen LogP contribution in [0.15, 0.2) is 53.4 Å². The SMILES string of the molecule is Cc1ccc(OCCOC(=O)c2ccc(S(=O)(=O)N3CC(C)CC(C)C3)cc2)cc1. The molecule has 0 spiro atoms. The van der Waals surface area contributed by atoms with E-state index in [1.165, 1.54) is 24.3 Å². The van der Waals surface area contributed by atoms with E-state index in [9.17, 15) is 13.2 Å². The minimum Gasteiger partial charge on any atom is -0.490 e. The Labute approximate surface area is 178 Å². The van der Waals surface area contributed by atoms with Gasteiger partial charge in [-0.1, -0.05) is 31.5 Å². The van der Waals surface area contributed by atoms with Crippen LogP contribution in [0.25, 0.3) is 0 Å². The van der Waals surface area contributed by atoms with Crippen LogP contribution in [0, 0.1) is 18.8 Å². The number of piperidine rings is 1. The maximum Gasteiger partial charge on any atom is 0.338 e. The molecule has 0 bridgehead atoms.